The van der Waals surface area contributed by atoms with E-state index >= 15 is 0 Å². The number of nitrogens with zero attached hydrogens (tertiary/aromatic N) is 1. The van der Waals surface area contributed by atoms with Crippen molar-refractivity contribution >= 4 is 39.1 Å². The Morgan fingerprint density at radius 2 is 1.58 bits per heavy atom. The molecule has 0 radical (unpaired) electrons. The molecule has 0 fully saturated rings. The summed E-state index contributed by atoms with van der Waals surface area (Å²) < 4.78 is 0. The van der Waals surface area contributed by atoms with Crippen LogP contribution < -0.4 is 5.56 Å². The SMILES string of the molecule is Cc1ccc(-c2csc3nc(SCC(=O)c4ccc(-c5ccccc5)cc4)[nH]c(=O)c23)cc1. The third-order valence-corrected chi connectivity index (χ3v) is 7.18. The van der Waals surface area contributed by atoms with Gasteiger partial charge < -0.3 is 4.98 Å². The summed E-state index contributed by atoms with van der Waals surface area (Å²) in [5.41, 5.74) is 5.69. The highest BCUT2D eigenvalue weighted by molar-refractivity contribution is 7.99. The second-order valence-corrected chi connectivity index (χ2v) is 9.54. The number of aryl methyl sites for hydroxylation is 1. The lowest BCUT2D eigenvalue weighted by Gasteiger charge is -2.05. The molecule has 0 atom stereocenters. The van der Waals surface area contributed by atoms with Crippen molar-refractivity contribution in [2.45, 2.75) is 12.1 Å². The van der Waals surface area contributed by atoms with E-state index in [-0.39, 0.29) is 17.1 Å². The van der Waals surface area contributed by atoms with Crippen molar-refractivity contribution in [1.29, 1.82) is 0 Å². The molecule has 162 valence electrons. The third kappa shape index (κ3) is 4.53. The zero-order chi connectivity index (χ0) is 22.8. The minimum atomic E-state index is -0.181. The van der Waals surface area contributed by atoms with Gasteiger partial charge in [-0.25, -0.2) is 4.98 Å². The maximum atomic E-state index is 12.8. The highest BCUT2D eigenvalue weighted by atomic mass is 32.2. The summed E-state index contributed by atoms with van der Waals surface area (Å²) in [4.78, 5) is 33.6. The number of nitrogens with one attached hydrogen (secondary N) is 1. The third-order valence-electron chi connectivity index (χ3n) is 5.44. The molecular formula is C27H20N2O2S2. The van der Waals surface area contributed by atoms with Gasteiger partial charge in [-0.3, -0.25) is 9.59 Å². The van der Waals surface area contributed by atoms with Crippen molar-refractivity contribution in [3.8, 4) is 22.3 Å². The fourth-order valence-corrected chi connectivity index (χ4v) is 5.40. The van der Waals surface area contributed by atoms with Crippen LogP contribution in [0, 0.1) is 6.92 Å². The van der Waals surface area contributed by atoms with Crippen LogP contribution in [0.3, 0.4) is 0 Å². The Morgan fingerprint density at radius 3 is 2.30 bits per heavy atom. The van der Waals surface area contributed by atoms with E-state index in [0.29, 0.717) is 20.9 Å². The molecule has 2 aromatic heterocycles. The molecule has 0 bridgehead atoms. The van der Waals surface area contributed by atoms with Crippen LogP contribution in [0.2, 0.25) is 0 Å². The lowest BCUT2D eigenvalue weighted by Crippen LogP contribution is -2.10. The van der Waals surface area contributed by atoms with E-state index < -0.39 is 0 Å². The van der Waals surface area contributed by atoms with Gasteiger partial charge in [0.15, 0.2) is 10.9 Å². The van der Waals surface area contributed by atoms with Crippen LogP contribution in [0.1, 0.15) is 15.9 Å². The number of carbonyl (C=O) groups excluding carboxylic acids is 1. The molecule has 5 aromatic rings. The monoisotopic (exact) mass is 468 g/mol. The molecule has 0 aliphatic rings. The first-order valence-corrected chi connectivity index (χ1v) is 12.3. The summed E-state index contributed by atoms with van der Waals surface area (Å²) in [6, 6.07) is 25.7. The van der Waals surface area contributed by atoms with Crippen molar-refractivity contribution < 1.29 is 4.79 Å². The number of aromatic amines is 1. The number of Topliss-reactive ketones (excluding diaryl/α,β-unsaturated/α-hetero) is 1. The van der Waals surface area contributed by atoms with Gasteiger partial charge in [0.2, 0.25) is 0 Å². The van der Waals surface area contributed by atoms with Crippen LogP contribution in [-0.4, -0.2) is 21.5 Å². The van der Waals surface area contributed by atoms with Crippen molar-refractivity contribution in [2.75, 3.05) is 5.75 Å². The number of rotatable bonds is 6. The zero-order valence-electron chi connectivity index (χ0n) is 17.9. The van der Waals surface area contributed by atoms with E-state index in [1.807, 2.05) is 91.2 Å². The molecule has 0 aliphatic carbocycles. The van der Waals surface area contributed by atoms with Crippen LogP contribution in [0.25, 0.3) is 32.5 Å². The summed E-state index contributed by atoms with van der Waals surface area (Å²) in [5, 5.41) is 3.01. The average Bonchev–Trinajstić information content (AvgIpc) is 3.28. The minimum Gasteiger partial charge on any atom is -0.301 e. The van der Waals surface area contributed by atoms with Gasteiger partial charge in [-0.15, -0.1) is 11.3 Å². The fraction of sp³-hybridized carbons (Fsp3) is 0.0741. The van der Waals surface area contributed by atoms with Crippen LogP contribution in [-0.2, 0) is 0 Å². The molecule has 6 heteroatoms. The summed E-state index contributed by atoms with van der Waals surface area (Å²) in [6.45, 7) is 2.03. The maximum absolute atomic E-state index is 12.8. The topological polar surface area (TPSA) is 62.8 Å². The lowest BCUT2D eigenvalue weighted by atomic mass is 10.0. The van der Waals surface area contributed by atoms with E-state index in [4.69, 9.17) is 0 Å². The summed E-state index contributed by atoms with van der Waals surface area (Å²) in [6.07, 6.45) is 0. The molecule has 33 heavy (non-hydrogen) atoms. The number of thiophene rings is 1. The molecule has 1 N–H and O–H groups in total. The molecule has 0 aliphatic heterocycles. The van der Waals surface area contributed by atoms with Gasteiger partial charge in [0.25, 0.3) is 5.56 Å². The summed E-state index contributed by atoms with van der Waals surface area (Å²) >= 11 is 2.69. The number of thioether (sulfide) groups is 1. The molecule has 5 rings (SSSR count). The summed E-state index contributed by atoms with van der Waals surface area (Å²) in [5.74, 6) is 0.198. The first-order valence-electron chi connectivity index (χ1n) is 10.5. The number of aromatic nitrogens is 2. The largest absolute Gasteiger partial charge is 0.301 e. The summed E-state index contributed by atoms with van der Waals surface area (Å²) in [7, 11) is 0. The predicted molar refractivity (Wildman–Crippen MR) is 137 cm³/mol. The molecule has 0 spiro atoms. The molecule has 2 heterocycles. The van der Waals surface area contributed by atoms with Gasteiger partial charge in [-0.2, -0.15) is 0 Å². The first kappa shape index (κ1) is 21.4. The lowest BCUT2D eigenvalue weighted by molar-refractivity contribution is 0.102. The van der Waals surface area contributed by atoms with E-state index in [0.717, 1.165) is 22.3 Å². The van der Waals surface area contributed by atoms with Crippen molar-refractivity contribution in [3.05, 3.63) is 106 Å². The minimum absolute atomic E-state index is 0.00567. The van der Waals surface area contributed by atoms with Crippen molar-refractivity contribution in [2.24, 2.45) is 0 Å². The standard InChI is InChI=1S/C27H20N2O2S2/c1-17-7-9-20(10-8-17)22-15-32-26-24(22)25(31)28-27(29-26)33-16-23(30)21-13-11-19(12-14-21)18-5-3-2-4-6-18/h2-15H,16H2,1H3,(H,28,29,31). The van der Waals surface area contributed by atoms with E-state index in [1.165, 1.54) is 28.7 Å². The normalized spacial score (nSPS) is 11.1. The molecular weight excluding hydrogens is 448 g/mol. The fourth-order valence-electron chi connectivity index (χ4n) is 3.64. The smallest absolute Gasteiger partial charge is 0.260 e. The highest BCUT2D eigenvalue weighted by Crippen LogP contribution is 2.31. The zero-order valence-corrected chi connectivity index (χ0v) is 19.5. The van der Waals surface area contributed by atoms with Gasteiger partial charge in [0.1, 0.15) is 4.83 Å². The van der Waals surface area contributed by atoms with Crippen molar-refractivity contribution in [3.63, 3.8) is 0 Å². The molecule has 0 saturated heterocycles. The predicted octanol–water partition coefficient (Wildman–Crippen LogP) is 6.60. The number of fused-ring (bicyclic) bond motifs is 1. The van der Waals surface area contributed by atoms with Crippen molar-refractivity contribution in [1.82, 2.24) is 9.97 Å². The molecule has 4 nitrogen and oxygen atoms in total. The number of H-pyrrole nitrogens is 1. The maximum Gasteiger partial charge on any atom is 0.260 e. The first-order chi connectivity index (χ1) is 16.1. The average molecular weight is 469 g/mol. The Hall–Kier alpha value is -3.48. The second kappa shape index (κ2) is 9.17. The molecule has 0 saturated carbocycles. The Morgan fingerprint density at radius 1 is 0.909 bits per heavy atom. The van der Waals surface area contributed by atoms with Gasteiger partial charge >= 0.3 is 0 Å². The Balaban J connectivity index is 1.32. The molecule has 0 amide bonds. The highest BCUT2D eigenvalue weighted by Gasteiger charge is 2.14. The number of hydrogen-bond donors (Lipinski definition) is 1. The molecule has 0 unspecified atom stereocenters. The van der Waals surface area contributed by atoms with Gasteiger partial charge in [0, 0.05) is 16.5 Å². The number of carbonyl (C=O) groups is 1. The molecule has 3 aromatic carbocycles. The number of benzene rings is 3. The Kier molecular flexibility index (Phi) is 5.94. The Bertz CT molecular complexity index is 1490. The quantitative estimate of drug-likeness (QED) is 0.173. The van der Waals surface area contributed by atoms with Gasteiger partial charge in [0.05, 0.1) is 11.1 Å². The van der Waals surface area contributed by atoms with Crippen LogP contribution in [0.4, 0.5) is 0 Å². The van der Waals surface area contributed by atoms with Gasteiger partial charge in [-0.1, -0.05) is 96.2 Å². The number of ketones is 1. The van der Waals surface area contributed by atoms with E-state index in [1.54, 1.807) is 0 Å². The van der Waals surface area contributed by atoms with Gasteiger partial charge in [-0.05, 0) is 23.6 Å². The Labute approximate surface area is 199 Å². The van der Waals surface area contributed by atoms with E-state index in [9.17, 15) is 9.59 Å². The number of hydrogen-bond acceptors (Lipinski definition) is 5. The van der Waals surface area contributed by atoms with E-state index in [2.05, 4.69) is 9.97 Å². The van der Waals surface area contributed by atoms with Crippen LogP contribution in [0.15, 0.2) is 94.2 Å². The van der Waals surface area contributed by atoms with Crippen LogP contribution in [0.5, 0.6) is 0 Å². The van der Waals surface area contributed by atoms with Crippen LogP contribution >= 0.6 is 23.1 Å². The second-order valence-electron chi connectivity index (χ2n) is 7.72.